The van der Waals surface area contributed by atoms with Gasteiger partial charge in [-0.1, -0.05) is 31.5 Å². The minimum Gasteiger partial charge on any atom is -0.454 e. The van der Waals surface area contributed by atoms with Crippen LogP contribution >= 0.6 is 0 Å². The Hall–Kier alpha value is -2.94. The largest absolute Gasteiger partial charge is 0.454 e. The van der Waals surface area contributed by atoms with Crippen molar-refractivity contribution >= 4 is 15.5 Å². The lowest BCUT2D eigenvalue weighted by molar-refractivity contribution is 0.469. The number of nitrogens with zero attached hydrogens (tertiary/aromatic N) is 3. The molecule has 0 spiro atoms. The van der Waals surface area contributed by atoms with Gasteiger partial charge in [-0.25, -0.2) is 8.42 Å². The number of ether oxygens (including phenoxy) is 1. The minimum absolute atomic E-state index is 0.0626. The number of aromatic amines is 1. The molecule has 0 amide bonds. The van der Waals surface area contributed by atoms with Crippen LogP contribution < -0.4 is 10.1 Å². The monoisotopic (exact) mass is 387 g/mol. The van der Waals surface area contributed by atoms with Gasteiger partial charge in [0.05, 0.1) is 5.69 Å². The van der Waals surface area contributed by atoms with Crippen LogP contribution in [0.2, 0.25) is 0 Å². The molecular formula is C18H21N5O3S. The zero-order chi connectivity index (χ0) is 19.3. The van der Waals surface area contributed by atoms with Crippen molar-refractivity contribution in [1.29, 1.82) is 0 Å². The summed E-state index contributed by atoms with van der Waals surface area (Å²) in [6.07, 6.45) is 3.09. The van der Waals surface area contributed by atoms with E-state index in [9.17, 15) is 8.42 Å². The maximum atomic E-state index is 12.5. The molecule has 3 aromatic rings. The van der Waals surface area contributed by atoms with Gasteiger partial charge in [-0.15, -0.1) is 10.2 Å². The van der Waals surface area contributed by atoms with Crippen molar-refractivity contribution in [1.82, 2.24) is 20.6 Å². The Balaban J connectivity index is 2.14. The van der Waals surface area contributed by atoms with Gasteiger partial charge in [-0.05, 0) is 35.9 Å². The van der Waals surface area contributed by atoms with E-state index < -0.39 is 9.84 Å². The van der Waals surface area contributed by atoms with Gasteiger partial charge in [0.1, 0.15) is 10.6 Å². The molecule has 0 fully saturated rings. The summed E-state index contributed by atoms with van der Waals surface area (Å²) >= 11 is 0. The van der Waals surface area contributed by atoms with E-state index in [-0.39, 0.29) is 10.6 Å². The topological polar surface area (TPSA) is 110 Å². The molecule has 0 atom stereocenters. The molecule has 1 heterocycles. The minimum atomic E-state index is -3.57. The third-order valence-corrected chi connectivity index (χ3v) is 4.97. The number of H-pyrrole nitrogens is 1. The second kappa shape index (κ2) is 8.17. The maximum absolute atomic E-state index is 12.5. The lowest BCUT2D eigenvalue weighted by atomic mass is 10.1. The molecule has 9 heteroatoms. The number of anilines is 1. The van der Waals surface area contributed by atoms with E-state index >= 15 is 0 Å². The van der Waals surface area contributed by atoms with Crippen LogP contribution in [0.4, 0.5) is 5.69 Å². The van der Waals surface area contributed by atoms with Gasteiger partial charge >= 0.3 is 0 Å². The van der Waals surface area contributed by atoms with Crippen molar-refractivity contribution < 1.29 is 13.2 Å². The van der Waals surface area contributed by atoms with Crippen LogP contribution in [0, 0.1) is 0 Å². The molecule has 2 aromatic carbocycles. The fourth-order valence-corrected chi connectivity index (χ4v) is 3.36. The molecule has 0 saturated heterocycles. The molecule has 0 aliphatic carbocycles. The van der Waals surface area contributed by atoms with Gasteiger partial charge in [0.25, 0.3) is 0 Å². The van der Waals surface area contributed by atoms with Crippen molar-refractivity contribution in [3.63, 3.8) is 0 Å². The van der Waals surface area contributed by atoms with Gasteiger partial charge in [0.2, 0.25) is 5.82 Å². The highest BCUT2D eigenvalue weighted by Crippen LogP contribution is 2.39. The van der Waals surface area contributed by atoms with E-state index in [0.29, 0.717) is 29.4 Å². The summed E-state index contributed by atoms with van der Waals surface area (Å²) in [6, 6.07) is 12.3. The summed E-state index contributed by atoms with van der Waals surface area (Å²) in [5, 5.41) is 17.1. The van der Waals surface area contributed by atoms with Crippen LogP contribution in [0.25, 0.3) is 11.4 Å². The molecular weight excluding hydrogens is 366 g/mol. The van der Waals surface area contributed by atoms with Crippen LogP contribution in [-0.2, 0) is 9.84 Å². The van der Waals surface area contributed by atoms with Crippen molar-refractivity contribution in [2.24, 2.45) is 0 Å². The molecule has 2 N–H and O–H groups in total. The Labute approximate surface area is 157 Å². The SMILES string of the molecule is CCCCNc1cc(-c2nn[nH]n2)cc(S(C)(=O)=O)c1Oc1ccccc1. The first-order valence-corrected chi connectivity index (χ1v) is 10.5. The molecule has 0 radical (unpaired) electrons. The van der Waals surface area contributed by atoms with Crippen LogP contribution in [0.5, 0.6) is 11.5 Å². The first kappa shape index (κ1) is 18.8. The summed E-state index contributed by atoms with van der Waals surface area (Å²) in [4.78, 5) is 0.0626. The molecule has 0 aliphatic rings. The molecule has 1 aromatic heterocycles. The number of hydrogen-bond acceptors (Lipinski definition) is 7. The number of benzene rings is 2. The first-order chi connectivity index (χ1) is 13.0. The number of unbranched alkanes of at least 4 members (excludes halogenated alkanes) is 1. The first-order valence-electron chi connectivity index (χ1n) is 8.57. The third-order valence-electron chi connectivity index (χ3n) is 3.87. The van der Waals surface area contributed by atoms with E-state index in [1.54, 1.807) is 18.2 Å². The Morgan fingerprint density at radius 1 is 1.19 bits per heavy atom. The molecule has 0 aliphatic heterocycles. The number of sulfone groups is 1. The zero-order valence-corrected chi connectivity index (χ0v) is 16.0. The second-order valence-electron chi connectivity index (χ2n) is 6.05. The Kier molecular flexibility index (Phi) is 5.70. The Bertz CT molecular complexity index is 989. The number of nitrogens with one attached hydrogen (secondary N) is 2. The Morgan fingerprint density at radius 3 is 2.59 bits per heavy atom. The van der Waals surface area contributed by atoms with Crippen molar-refractivity contribution in [3.8, 4) is 22.9 Å². The number of aromatic nitrogens is 4. The van der Waals surface area contributed by atoms with Crippen LogP contribution in [-0.4, -0.2) is 41.8 Å². The van der Waals surface area contributed by atoms with Gasteiger partial charge in [-0.3, -0.25) is 0 Å². The van der Waals surface area contributed by atoms with Gasteiger partial charge in [0, 0.05) is 18.4 Å². The summed E-state index contributed by atoms with van der Waals surface area (Å²) < 4.78 is 30.9. The van der Waals surface area contributed by atoms with Crippen molar-refractivity contribution in [3.05, 3.63) is 42.5 Å². The second-order valence-corrected chi connectivity index (χ2v) is 8.04. The third kappa shape index (κ3) is 4.62. The number of para-hydroxylation sites is 1. The van der Waals surface area contributed by atoms with Crippen molar-refractivity contribution in [2.45, 2.75) is 24.7 Å². The predicted molar refractivity (Wildman–Crippen MR) is 103 cm³/mol. The average Bonchev–Trinajstić information content (AvgIpc) is 3.17. The van der Waals surface area contributed by atoms with Crippen molar-refractivity contribution in [2.75, 3.05) is 18.1 Å². The molecule has 0 saturated carbocycles. The fourth-order valence-electron chi connectivity index (χ4n) is 2.53. The number of rotatable bonds is 8. The Morgan fingerprint density at radius 2 is 1.96 bits per heavy atom. The van der Waals surface area contributed by atoms with Crippen LogP contribution in [0.15, 0.2) is 47.4 Å². The fraction of sp³-hybridized carbons (Fsp3) is 0.278. The van der Waals surface area contributed by atoms with E-state index in [0.717, 1.165) is 19.1 Å². The molecule has 142 valence electrons. The summed E-state index contributed by atoms with van der Waals surface area (Å²) in [5.41, 5.74) is 1.10. The average molecular weight is 387 g/mol. The summed E-state index contributed by atoms with van der Waals surface area (Å²) in [7, 11) is -3.57. The van der Waals surface area contributed by atoms with E-state index in [2.05, 4.69) is 32.9 Å². The van der Waals surface area contributed by atoms with Gasteiger partial charge in [0.15, 0.2) is 15.6 Å². The normalized spacial score (nSPS) is 11.3. The standard InChI is InChI=1S/C18H21N5O3S/c1-3-4-10-19-15-11-13(18-20-22-23-21-18)12-16(27(2,24)25)17(15)26-14-8-6-5-7-9-14/h5-9,11-12,19H,3-4,10H2,1-2H3,(H,20,21,22,23). The van der Waals surface area contributed by atoms with E-state index in [1.807, 2.05) is 18.2 Å². The highest BCUT2D eigenvalue weighted by atomic mass is 32.2. The molecule has 0 unspecified atom stereocenters. The van der Waals surface area contributed by atoms with Gasteiger partial charge < -0.3 is 10.1 Å². The predicted octanol–water partition coefficient (Wildman–Crippen LogP) is 3.27. The summed E-state index contributed by atoms with van der Waals surface area (Å²) in [6.45, 7) is 2.77. The van der Waals surface area contributed by atoms with Gasteiger partial charge in [-0.2, -0.15) is 5.21 Å². The van der Waals surface area contributed by atoms with Crippen LogP contribution in [0.3, 0.4) is 0 Å². The molecule has 27 heavy (non-hydrogen) atoms. The smallest absolute Gasteiger partial charge is 0.204 e. The molecule has 0 bridgehead atoms. The quantitative estimate of drug-likeness (QED) is 0.571. The molecule has 8 nitrogen and oxygen atoms in total. The maximum Gasteiger partial charge on any atom is 0.204 e. The lowest BCUT2D eigenvalue weighted by Crippen LogP contribution is -2.08. The van der Waals surface area contributed by atoms with Crippen LogP contribution in [0.1, 0.15) is 19.8 Å². The highest BCUT2D eigenvalue weighted by molar-refractivity contribution is 7.90. The lowest BCUT2D eigenvalue weighted by Gasteiger charge is -2.17. The number of hydrogen-bond donors (Lipinski definition) is 2. The van der Waals surface area contributed by atoms with E-state index in [4.69, 9.17) is 4.74 Å². The number of tetrazole rings is 1. The highest BCUT2D eigenvalue weighted by Gasteiger charge is 2.22. The van der Waals surface area contributed by atoms with E-state index in [1.165, 1.54) is 6.07 Å². The zero-order valence-electron chi connectivity index (χ0n) is 15.1. The summed E-state index contributed by atoms with van der Waals surface area (Å²) in [5.74, 6) is 1.12. The molecule has 3 rings (SSSR count).